The lowest BCUT2D eigenvalue weighted by Crippen LogP contribution is -2.19. The number of aromatic nitrogens is 2. The Morgan fingerprint density at radius 2 is 2.21 bits per heavy atom. The van der Waals surface area contributed by atoms with Crippen molar-refractivity contribution in [3.8, 4) is 0 Å². The van der Waals surface area contributed by atoms with E-state index in [0.717, 1.165) is 0 Å². The summed E-state index contributed by atoms with van der Waals surface area (Å²) in [4.78, 5) is 26.6. The average Bonchev–Trinajstić information content (AvgIpc) is 2.79. The van der Waals surface area contributed by atoms with Crippen molar-refractivity contribution in [3.05, 3.63) is 47.0 Å². The summed E-state index contributed by atoms with van der Waals surface area (Å²) in [5.41, 5.74) is 0.856. The molecule has 2 heterocycles. The van der Waals surface area contributed by atoms with Crippen molar-refractivity contribution in [2.75, 3.05) is 5.32 Å². The minimum atomic E-state index is -1.00. The zero-order valence-electron chi connectivity index (χ0n) is 9.71. The van der Waals surface area contributed by atoms with Gasteiger partial charge in [0, 0.05) is 18.6 Å². The van der Waals surface area contributed by atoms with E-state index in [1.54, 1.807) is 36.8 Å². The Morgan fingerprint density at radius 3 is 2.89 bits per heavy atom. The number of hydrogen-bond acceptors (Lipinski definition) is 3. The second-order valence-corrected chi connectivity index (χ2v) is 4.58. The Hall–Kier alpha value is -2.15. The molecule has 0 atom stereocenters. The molecule has 2 N–H and O–H groups in total. The van der Waals surface area contributed by atoms with Gasteiger partial charge in [0.05, 0.1) is 10.2 Å². The SMILES string of the molecule is O=C(O)Cn1cccc1C(=O)Nc1ccncc1Br. The molecule has 1 amide bonds. The molecule has 0 aliphatic heterocycles. The third-order valence-electron chi connectivity index (χ3n) is 2.39. The van der Waals surface area contributed by atoms with Crippen LogP contribution in [-0.2, 0) is 11.3 Å². The quantitative estimate of drug-likeness (QED) is 0.901. The predicted octanol–water partition coefficient (Wildman–Crippen LogP) is 1.98. The number of aliphatic carboxylic acids is 1. The zero-order chi connectivity index (χ0) is 13.8. The minimum absolute atomic E-state index is 0.257. The molecule has 0 saturated heterocycles. The molecule has 0 fully saturated rings. The van der Waals surface area contributed by atoms with Crippen LogP contribution in [0.2, 0.25) is 0 Å². The molecule has 0 bridgehead atoms. The van der Waals surface area contributed by atoms with Crippen molar-refractivity contribution < 1.29 is 14.7 Å². The number of carbonyl (C=O) groups is 2. The largest absolute Gasteiger partial charge is 0.480 e. The van der Waals surface area contributed by atoms with Crippen molar-refractivity contribution in [1.29, 1.82) is 0 Å². The summed E-state index contributed by atoms with van der Waals surface area (Å²) in [6, 6.07) is 4.83. The second kappa shape index (κ2) is 5.66. The third-order valence-corrected chi connectivity index (χ3v) is 3.02. The predicted molar refractivity (Wildman–Crippen MR) is 72.0 cm³/mol. The highest BCUT2D eigenvalue weighted by Gasteiger charge is 2.13. The van der Waals surface area contributed by atoms with E-state index in [2.05, 4.69) is 26.2 Å². The molecule has 2 rings (SSSR count). The van der Waals surface area contributed by atoms with Gasteiger partial charge in [-0.2, -0.15) is 0 Å². The standard InChI is InChI=1S/C12H10BrN3O3/c13-8-6-14-4-3-9(8)15-12(19)10-2-1-5-16(10)7-11(17)18/h1-6H,7H2,(H,17,18)(H,14,15,19). The molecule has 7 heteroatoms. The summed E-state index contributed by atoms with van der Waals surface area (Å²) in [5, 5.41) is 11.4. The smallest absolute Gasteiger partial charge is 0.323 e. The van der Waals surface area contributed by atoms with Gasteiger partial charge >= 0.3 is 5.97 Å². The van der Waals surface area contributed by atoms with Crippen LogP contribution in [0.15, 0.2) is 41.3 Å². The fourth-order valence-electron chi connectivity index (χ4n) is 1.57. The highest BCUT2D eigenvalue weighted by molar-refractivity contribution is 9.10. The maximum absolute atomic E-state index is 12.1. The van der Waals surface area contributed by atoms with Gasteiger partial charge in [-0.05, 0) is 34.1 Å². The van der Waals surface area contributed by atoms with Crippen LogP contribution in [0.4, 0.5) is 5.69 Å². The molecule has 2 aromatic rings. The third kappa shape index (κ3) is 3.19. The highest BCUT2D eigenvalue weighted by Crippen LogP contribution is 2.20. The van der Waals surface area contributed by atoms with Crippen LogP contribution >= 0.6 is 15.9 Å². The number of nitrogens with zero attached hydrogens (tertiary/aromatic N) is 2. The van der Waals surface area contributed by atoms with Gasteiger partial charge in [-0.1, -0.05) is 0 Å². The Kier molecular flexibility index (Phi) is 3.96. The lowest BCUT2D eigenvalue weighted by Gasteiger charge is -2.08. The van der Waals surface area contributed by atoms with Gasteiger partial charge in [0.2, 0.25) is 0 Å². The van der Waals surface area contributed by atoms with Gasteiger partial charge in [0.15, 0.2) is 0 Å². The van der Waals surface area contributed by atoms with Crippen LogP contribution in [0.25, 0.3) is 0 Å². The molecule has 0 saturated carbocycles. The van der Waals surface area contributed by atoms with Crippen LogP contribution < -0.4 is 5.32 Å². The molecule has 0 spiro atoms. The number of hydrogen-bond donors (Lipinski definition) is 2. The first-order valence-electron chi connectivity index (χ1n) is 5.35. The van der Waals surface area contributed by atoms with Crippen molar-refractivity contribution in [1.82, 2.24) is 9.55 Å². The van der Waals surface area contributed by atoms with Crippen molar-refractivity contribution in [2.24, 2.45) is 0 Å². The van der Waals surface area contributed by atoms with Crippen molar-refractivity contribution in [3.63, 3.8) is 0 Å². The van der Waals surface area contributed by atoms with Crippen molar-refractivity contribution in [2.45, 2.75) is 6.54 Å². The number of anilines is 1. The Balaban J connectivity index is 2.19. The Bertz CT molecular complexity index is 624. The van der Waals surface area contributed by atoms with E-state index in [-0.39, 0.29) is 18.1 Å². The number of carboxylic acids is 1. The zero-order valence-corrected chi connectivity index (χ0v) is 11.3. The van der Waals surface area contributed by atoms with Crippen LogP contribution in [0.5, 0.6) is 0 Å². The fourth-order valence-corrected chi connectivity index (χ4v) is 1.92. The number of nitrogens with one attached hydrogen (secondary N) is 1. The van der Waals surface area contributed by atoms with Gasteiger partial charge in [-0.25, -0.2) is 0 Å². The summed E-state index contributed by atoms with van der Waals surface area (Å²) in [7, 11) is 0. The van der Waals surface area contributed by atoms with E-state index in [0.29, 0.717) is 10.2 Å². The fraction of sp³-hybridized carbons (Fsp3) is 0.0833. The number of rotatable bonds is 4. The van der Waals surface area contributed by atoms with Crippen LogP contribution in [0, 0.1) is 0 Å². The average molecular weight is 324 g/mol. The number of pyridine rings is 1. The molecule has 6 nitrogen and oxygen atoms in total. The maximum Gasteiger partial charge on any atom is 0.323 e. The molecule has 0 radical (unpaired) electrons. The van der Waals surface area contributed by atoms with Gasteiger partial charge < -0.3 is 15.0 Å². The van der Waals surface area contributed by atoms with Gasteiger partial charge in [-0.15, -0.1) is 0 Å². The van der Waals surface area contributed by atoms with E-state index in [1.807, 2.05) is 0 Å². The Labute approximate surface area is 117 Å². The first-order chi connectivity index (χ1) is 9.08. The summed E-state index contributed by atoms with van der Waals surface area (Å²) in [5.74, 6) is -1.38. The molecule has 0 aliphatic rings. The van der Waals surface area contributed by atoms with Gasteiger partial charge in [0.1, 0.15) is 12.2 Å². The van der Waals surface area contributed by atoms with Crippen molar-refractivity contribution >= 4 is 33.5 Å². The van der Waals surface area contributed by atoms with E-state index in [9.17, 15) is 9.59 Å². The van der Waals surface area contributed by atoms with Gasteiger partial charge in [-0.3, -0.25) is 14.6 Å². The van der Waals surface area contributed by atoms with E-state index >= 15 is 0 Å². The van der Waals surface area contributed by atoms with Crippen LogP contribution in [0.1, 0.15) is 10.5 Å². The first-order valence-corrected chi connectivity index (χ1v) is 6.15. The number of carbonyl (C=O) groups excluding carboxylic acids is 1. The highest BCUT2D eigenvalue weighted by atomic mass is 79.9. The monoisotopic (exact) mass is 323 g/mol. The molecule has 0 aliphatic carbocycles. The lowest BCUT2D eigenvalue weighted by molar-refractivity contribution is -0.137. The van der Waals surface area contributed by atoms with Gasteiger partial charge in [0.25, 0.3) is 5.91 Å². The lowest BCUT2D eigenvalue weighted by atomic mass is 10.3. The topological polar surface area (TPSA) is 84.2 Å². The first kappa shape index (κ1) is 13.3. The molecule has 0 unspecified atom stereocenters. The summed E-state index contributed by atoms with van der Waals surface area (Å²) in [6.07, 6.45) is 4.66. The molecule has 0 aromatic carbocycles. The molecule has 2 aromatic heterocycles. The summed E-state index contributed by atoms with van der Waals surface area (Å²) >= 11 is 3.27. The van der Waals surface area contributed by atoms with E-state index < -0.39 is 5.97 Å². The Morgan fingerprint density at radius 1 is 1.42 bits per heavy atom. The minimum Gasteiger partial charge on any atom is -0.480 e. The molecule has 19 heavy (non-hydrogen) atoms. The maximum atomic E-state index is 12.1. The summed E-state index contributed by atoms with van der Waals surface area (Å²) in [6.45, 7) is -0.257. The van der Waals surface area contributed by atoms with Crippen LogP contribution in [0.3, 0.4) is 0 Å². The molecular weight excluding hydrogens is 314 g/mol. The second-order valence-electron chi connectivity index (χ2n) is 3.72. The summed E-state index contributed by atoms with van der Waals surface area (Å²) < 4.78 is 2.02. The molecular formula is C12H10BrN3O3. The van der Waals surface area contributed by atoms with E-state index in [1.165, 1.54) is 4.57 Å². The number of halogens is 1. The van der Waals surface area contributed by atoms with E-state index in [4.69, 9.17) is 5.11 Å². The normalized spacial score (nSPS) is 10.2. The molecule has 98 valence electrons. The number of amides is 1. The number of carboxylic acid groups (broad SMARTS) is 1. The van der Waals surface area contributed by atoms with Crippen LogP contribution in [-0.4, -0.2) is 26.5 Å².